The van der Waals surface area contributed by atoms with E-state index in [0.29, 0.717) is 25.1 Å². The molecule has 1 fully saturated rings. The summed E-state index contributed by atoms with van der Waals surface area (Å²) in [4.78, 5) is 11.4. The molecule has 0 aromatic heterocycles. The standard InChI is InChI=1S/C14H19NO4S2/c1-2-11-4-5-12(10-13(11)14(16)17)21(18,19)15-6-3-8-20-9-7-15/h4-5,10H,2-3,6-9H2,1H3,(H,16,17). The van der Waals surface area contributed by atoms with Crippen molar-refractivity contribution in [2.45, 2.75) is 24.7 Å². The summed E-state index contributed by atoms with van der Waals surface area (Å²) < 4.78 is 26.7. The van der Waals surface area contributed by atoms with Crippen LogP contribution in [0.2, 0.25) is 0 Å². The zero-order chi connectivity index (χ0) is 15.5. The van der Waals surface area contributed by atoms with Gasteiger partial charge in [-0.25, -0.2) is 13.2 Å². The van der Waals surface area contributed by atoms with Gasteiger partial charge >= 0.3 is 5.97 Å². The highest BCUT2D eigenvalue weighted by Gasteiger charge is 2.26. The van der Waals surface area contributed by atoms with Gasteiger partial charge in [0.25, 0.3) is 0 Å². The second kappa shape index (κ2) is 6.81. The summed E-state index contributed by atoms with van der Waals surface area (Å²) in [5, 5.41) is 9.23. The van der Waals surface area contributed by atoms with Crippen LogP contribution in [-0.4, -0.2) is 48.4 Å². The molecule has 0 radical (unpaired) electrons. The zero-order valence-electron chi connectivity index (χ0n) is 11.9. The van der Waals surface area contributed by atoms with E-state index in [1.807, 2.05) is 6.92 Å². The van der Waals surface area contributed by atoms with E-state index in [9.17, 15) is 18.3 Å². The summed E-state index contributed by atoms with van der Waals surface area (Å²) in [6.07, 6.45) is 1.38. The van der Waals surface area contributed by atoms with Gasteiger partial charge in [0.15, 0.2) is 0 Å². The van der Waals surface area contributed by atoms with Gasteiger partial charge in [-0.3, -0.25) is 0 Å². The highest BCUT2D eigenvalue weighted by atomic mass is 32.2. The fourth-order valence-electron chi connectivity index (χ4n) is 2.34. The molecular formula is C14H19NO4S2. The van der Waals surface area contributed by atoms with Gasteiger partial charge in [-0.15, -0.1) is 0 Å². The van der Waals surface area contributed by atoms with Crippen molar-refractivity contribution in [3.05, 3.63) is 29.3 Å². The molecule has 0 saturated carbocycles. The van der Waals surface area contributed by atoms with Crippen molar-refractivity contribution in [1.82, 2.24) is 4.31 Å². The third-order valence-corrected chi connectivity index (χ3v) is 6.45. The largest absolute Gasteiger partial charge is 0.478 e. The number of nitrogens with zero attached hydrogens (tertiary/aromatic N) is 1. The predicted octanol–water partition coefficient (Wildman–Crippen LogP) is 2.07. The SMILES string of the molecule is CCc1ccc(S(=O)(=O)N2CCCSCC2)cc1C(=O)O. The van der Waals surface area contributed by atoms with Crippen molar-refractivity contribution in [2.24, 2.45) is 0 Å². The molecule has 116 valence electrons. The van der Waals surface area contributed by atoms with Crippen LogP contribution < -0.4 is 0 Å². The minimum atomic E-state index is -3.61. The Labute approximate surface area is 129 Å². The number of aryl methyl sites for hydroxylation is 1. The average Bonchev–Trinajstić information content (AvgIpc) is 2.76. The Morgan fingerprint density at radius 3 is 2.76 bits per heavy atom. The van der Waals surface area contributed by atoms with Crippen LogP contribution in [0.1, 0.15) is 29.3 Å². The number of aromatic carboxylic acids is 1. The van der Waals surface area contributed by atoms with Crippen LogP contribution in [0.5, 0.6) is 0 Å². The first kappa shape index (κ1) is 16.3. The first-order valence-corrected chi connectivity index (χ1v) is 9.50. The molecule has 1 aromatic carbocycles. The van der Waals surface area contributed by atoms with E-state index in [1.165, 1.54) is 16.4 Å². The number of thioether (sulfide) groups is 1. The van der Waals surface area contributed by atoms with E-state index in [4.69, 9.17) is 0 Å². The molecule has 0 unspecified atom stereocenters. The Bertz CT molecular complexity index is 620. The van der Waals surface area contributed by atoms with Crippen molar-refractivity contribution in [1.29, 1.82) is 0 Å². The number of hydrogen-bond acceptors (Lipinski definition) is 4. The smallest absolute Gasteiger partial charge is 0.336 e. The molecule has 0 aliphatic carbocycles. The van der Waals surface area contributed by atoms with Crippen molar-refractivity contribution >= 4 is 27.8 Å². The lowest BCUT2D eigenvalue weighted by atomic mass is 10.1. The quantitative estimate of drug-likeness (QED) is 0.915. The molecule has 1 aliphatic rings. The topological polar surface area (TPSA) is 74.7 Å². The van der Waals surface area contributed by atoms with Gasteiger partial charge in [-0.2, -0.15) is 16.1 Å². The van der Waals surface area contributed by atoms with E-state index >= 15 is 0 Å². The van der Waals surface area contributed by atoms with Crippen molar-refractivity contribution in [2.75, 3.05) is 24.6 Å². The molecule has 1 aromatic rings. The van der Waals surface area contributed by atoms with E-state index in [0.717, 1.165) is 17.9 Å². The molecule has 2 rings (SSSR count). The highest BCUT2D eigenvalue weighted by molar-refractivity contribution is 7.99. The summed E-state index contributed by atoms with van der Waals surface area (Å²) >= 11 is 1.74. The lowest BCUT2D eigenvalue weighted by Crippen LogP contribution is -2.33. The van der Waals surface area contributed by atoms with Gasteiger partial charge in [0.05, 0.1) is 10.5 Å². The predicted molar refractivity (Wildman–Crippen MR) is 83.5 cm³/mol. The number of benzene rings is 1. The lowest BCUT2D eigenvalue weighted by molar-refractivity contribution is 0.0695. The van der Waals surface area contributed by atoms with Gasteiger partial charge in [0.2, 0.25) is 10.0 Å². The molecule has 21 heavy (non-hydrogen) atoms. The number of carboxylic acids is 1. The molecule has 1 N–H and O–H groups in total. The maximum absolute atomic E-state index is 12.6. The minimum absolute atomic E-state index is 0.0720. The maximum atomic E-state index is 12.6. The molecule has 7 heteroatoms. The number of sulfonamides is 1. The molecule has 1 heterocycles. The first-order chi connectivity index (χ1) is 9.96. The van der Waals surface area contributed by atoms with E-state index in [1.54, 1.807) is 17.8 Å². The van der Waals surface area contributed by atoms with E-state index < -0.39 is 16.0 Å². The fourth-order valence-corrected chi connectivity index (χ4v) is 4.84. The normalized spacial score (nSPS) is 17.4. The van der Waals surface area contributed by atoms with Gasteiger partial charge in [0.1, 0.15) is 0 Å². The zero-order valence-corrected chi connectivity index (χ0v) is 13.5. The van der Waals surface area contributed by atoms with Crippen LogP contribution in [0.15, 0.2) is 23.1 Å². The fraction of sp³-hybridized carbons (Fsp3) is 0.500. The minimum Gasteiger partial charge on any atom is -0.478 e. The lowest BCUT2D eigenvalue weighted by Gasteiger charge is -2.20. The van der Waals surface area contributed by atoms with Gasteiger partial charge in [0, 0.05) is 18.8 Å². The number of carbonyl (C=O) groups is 1. The summed E-state index contributed by atoms with van der Waals surface area (Å²) in [6.45, 7) is 2.82. The van der Waals surface area contributed by atoms with Crippen molar-refractivity contribution in [3.63, 3.8) is 0 Å². The Morgan fingerprint density at radius 1 is 1.33 bits per heavy atom. The summed E-state index contributed by atoms with van der Waals surface area (Å²) in [5.41, 5.74) is 0.718. The van der Waals surface area contributed by atoms with Gasteiger partial charge in [-0.05, 0) is 36.3 Å². The van der Waals surface area contributed by atoms with Crippen LogP contribution >= 0.6 is 11.8 Å². The van der Waals surface area contributed by atoms with Crippen LogP contribution in [0.4, 0.5) is 0 Å². The number of rotatable bonds is 4. The van der Waals surface area contributed by atoms with Crippen LogP contribution in [-0.2, 0) is 16.4 Å². The molecule has 1 aliphatic heterocycles. The van der Waals surface area contributed by atoms with Crippen molar-refractivity contribution in [3.8, 4) is 0 Å². The molecule has 0 amide bonds. The molecular weight excluding hydrogens is 310 g/mol. The van der Waals surface area contributed by atoms with Gasteiger partial charge in [-0.1, -0.05) is 13.0 Å². The first-order valence-electron chi connectivity index (χ1n) is 6.91. The molecule has 0 spiro atoms. The second-order valence-electron chi connectivity index (χ2n) is 4.85. The summed E-state index contributed by atoms with van der Waals surface area (Å²) in [5.74, 6) is 0.648. The highest BCUT2D eigenvalue weighted by Crippen LogP contribution is 2.22. The Kier molecular flexibility index (Phi) is 5.29. The number of carboxylic acid groups (broad SMARTS) is 1. The maximum Gasteiger partial charge on any atom is 0.336 e. The molecule has 0 bridgehead atoms. The van der Waals surface area contributed by atoms with Gasteiger partial charge < -0.3 is 5.11 Å². The van der Waals surface area contributed by atoms with Crippen LogP contribution in [0.3, 0.4) is 0 Å². The average molecular weight is 329 g/mol. The third kappa shape index (κ3) is 3.59. The molecule has 0 atom stereocenters. The second-order valence-corrected chi connectivity index (χ2v) is 8.01. The monoisotopic (exact) mass is 329 g/mol. The number of hydrogen-bond donors (Lipinski definition) is 1. The Hall–Kier alpha value is -1.05. The molecule has 1 saturated heterocycles. The van der Waals surface area contributed by atoms with Crippen LogP contribution in [0.25, 0.3) is 0 Å². The third-order valence-electron chi connectivity index (χ3n) is 3.51. The Balaban J connectivity index is 2.39. The Morgan fingerprint density at radius 2 is 2.10 bits per heavy atom. The van der Waals surface area contributed by atoms with E-state index in [2.05, 4.69) is 0 Å². The summed E-state index contributed by atoms with van der Waals surface area (Å²) in [7, 11) is -3.61. The van der Waals surface area contributed by atoms with Crippen molar-refractivity contribution < 1.29 is 18.3 Å². The summed E-state index contributed by atoms with van der Waals surface area (Å²) in [6, 6.07) is 4.40. The van der Waals surface area contributed by atoms with Crippen LogP contribution in [0, 0.1) is 0 Å². The molecule has 5 nitrogen and oxygen atoms in total. The van der Waals surface area contributed by atoms with E-state index in [-0.39, 0.29) is 10.5 Å².